The Labute approximate surface area is 118 Å². The van der Waals surface area contributed by atoms with Gasteiger partial charge in [0.1, 0.15) is 11.4 Å². The van der Waals surface area contributed by atoms with Crippen molar-refractivity contribution in [2.45, 2.75) is 26.7 Å². The van der Waals surface area contributed by atoms with Gasteiger partial charge in [0.2, 0.25) is 0 Å². The van der Waals surface area contributed by atoms with E-state index in [9.17, 15) is 10.1 Å². The number of nitro groups is 1. The predicted octanol–water partition coefficient (Wildman–Crippen LogP) is 3.06. The van der Waals surface area contributed by atoms with Crippen molar-refractivity contribution in [3.8, 4) is 5.82 Å². The molecule has 0 bridgehead atoms. The highest BCUT2D eigenvalue weighted by Gasteiger charge is 2.26. The van der Waals surface area contributed by atoms with E-state index in [1.807, 2.05) is 19.9 Å². The lowest BCUT2D eigenvalue weighted by molar-refractivity contribution is -0.386. The monoisotopic (exact) mass is 324 g/mol. The van der Waals surface area contributed by atoms with Crippen LogP contribution in [0.5, 0.6) is 0 Å². The lowest BCUT2D eigenvalue weighted by atomic mass is 10.2. The van der Waals surface area contributed by atoms with E-state index in [-0.39, 0.29) is 10.6 Å². The van der Waals surface area contributed by atoms with Crippen molar-refractivity contribution in [3.63, 3.8) is 0 Å². The molecule has 0 aliphatic heterocycles. The van der Waals surface area contributed by atoms with Gasteiger partial charge >= 0.3 is 5.69 Å². The third kappa shape index (κ3) is 2.51. The van der Waals surface area contributed by atoms with Gasteiger partial charge in [0.15, 0.2) is 5.82 Å². The van der Waals surface area contributed by atoms with Gasteiger partial charge in [-0.3, -0.25) is 10.1 Å². The molecule has 0 aliphatic carbocycles. The first kappa shape index (κ1) is 13.7. The number of halogens is 1. The number of aryl methyl sites for hydroxylation is 1. The van der Waals surface area contributed by atoms with Crippen molar-refractivity contribution in [1.29, 1.82) is 0 Å². The van der Waals surface area contributed by atoms with Gasteiger partial charge in [-0.15, -0.1) is 0 Å². The summed E-state index contributed by atoms with van der Waals surface area (Å²) in [6.07, 6.45) is 2.70. The Kier molecular flexibility index (Phi) is 3.94. The van der Waals surface area contributed by atoms with Gasteiger partial charge in [0.25, 0.3) is 0 Å². The average molecular weight is 325 g/mol. The topological polar surface area (TPSA) is 73.8 Å². The molecule has 0 amide bonds. The molecule has 0 N–H and O–H groups in total. The van der Waals surface area contributed by atoms with Crippen LogP contribution in [0.1, 0.15) is 25.2 Å². The van der Waals surface area contributed by atoms with Crippen LogP contribution in [0.25, 0.3) is 5.82 Å². The molecule has 0 spiro atoms. The minimum absolute atomic E-state index is 0.106. The highest BCUT2D eigenvalue weighted by atomic mass is 79.9. The Morgan fingerprint density at radius 2 is 2.11 bits per heavy atom. The summed E-state index contributed by atoms with van der Waals surface area (Å²) < 4.78 is 2.41. The molecule has 0 unspecified atom stereocenters. The average Bonchev–Trinajstić information content (AvgIpc) is 2.78. The second-order valence-corrected chi connectivity index (χ2v) is 4.87. The van der Waals surface area contributed by atoms with Gasteiger partial charge < -0.3 is 0 Å². The quantitative estimate of drug-likeness (QED) is 0.640. The molecule has 2 heterocycles. The number of hydrogen-bond donors (Lipinski definition) is 0. The predicted molar refractivity (Wildman–Crippen MR) is 74.5 cm³/mol. The van der Waals surface area contributed by atoms with Crippen molar-refractivity contribution in [3.05, 3.63) is 44.3 Å². The zero-order valence-electron chi connectivity index (χ0n) is 10.6. The maximum absolute atomic E-state index is 11.2. The molecule has 19 heavy (non-hydrogen) atoms. The number of rotatable bonds is 4. The van der Waals surface area contributed by atoms with Crippen LogP contribution in [0.3, 0.4) is 0 Å². The number of hydrogen-bond acceptors (Lipinski definition) is 4. The van der Waals surface area contributed by atoms with E-state index >= 15 is 0 Å². The minimum Gasteiger partial charge on any atom is -0.258 e. The van der Waals surface area contributed by atoms with E-state index in [0.29, 0.717) is 30.0 Å². The van der Waals surface area contributed by atoms with Crippen LogP contribution < -0.4 is 0 Å². The van der Waals surface area contributed by atoms with Crippen LogP contribution in [0.15, 0.2) is 22.8 Å². The van der Waals surface area contributed by atoms with Crippen LogP contribution >= 0.6 is 15.9 Å². The van der Waals surface area contributed by atoms with Crippen molar-refractivity contribution in [1.82, 2.24) is 14.8 Å². The van der Waals surface area contributed by atoms with Gasteiger partial charge in [0, 0.05) is 10.7 Å². The maximum Gasteiger partial charge on any atom is 0.313 e. The number of nitrogens with zero attached hydrogens (tertiary/aromatic N) is 4. The summed E-state index contributed by atoms with van der Waals surface area (Å²) >= 11 is 3.31. The lowest BCUT2D eigenvalue weighted by Crippen LogP contribution is -2.04. The SMILES string of the molecule is CCc1nn(-c2ccc(Br)cn2)c(CC)c1[N+](=O)[O-]. The molecular weight excluding hydrogens is 312 g/mol. The summed E-state index contributed by atoms with van der Waals surface area (Å²) in [5.41, 5.74) is 1.18. The Morgan fingerprint density at radius 1 is 1.37 bits per heavy atom. The fourth-order valence-corrected chi connectivity index (χ4v) is 2.18. The molecule has 0 fully saturated rings. The van der Waals surface area contributed by atoms with Crippen LogP contribution in [-0.2, 0) is 12.8 Å². The summed E-state index contributed by atoms with van der Waals surface area (Å²) in [6.45, 7) is 3.73. The molecule has 0 radical (unpaired) electrons. The Bertz CT molecular complexity index is 607. The Balaban J connectivity index is 2.63. The summed E-state index contributed by atoms with van der Waals surface area (Å²) in [6, 6.07) is 3.61. The van der Waals surface area contributed by atoms with Crippen LogP contribution in [0.4, 0.5) is 5.69 Å². The molecule has 0 saturated carbocycles. The molecule has 0 atom stereocenters. The van der Waals surface area contributed by atoms with Crippen molar-refractivity contribution in [2.24, 2.45) is 0 Å². The van der Waals surface area contributed by atoms with Crippen LogP contribution in [0.2, 0.25) is 0 Å². The molecule has 0 aliphatic rings. The maximum atomic E-state index is 11.2. The molecule has 2 aromatic rings. The zero-order chi connectivity index (χ0) is 14.0. The number of aromatic nitrogens is 3. The largest absolute Gasteiger partial charge is 0.313 e. The van der Waals surface area contributed by atoms with Gasteiger partial charge in [-0.25, -0.2) is 9.67 Å². The van der Waals surface area contributed by atoms with Gasteiger partial charge in [-0.05, 0) is 40.9 Å². The minimum atomic E-state index is -0.361. The third-order valence-electron chi connectivity index (χ3n) is 2.80. The van der Waals surface area contributed by atoms with Crippen molar-refractivity contribution >= 4 is 21.6 Å². The first-order valence-corrected chi connectivity index (χ1v) is 6.74. The first-order chi connectivity index (χ1) is 9.08. The van der Waals surface area contributed by atoms with E-state index < -0.39 is 0 Å². The molecule has 0 aromatic carbocycles. The van der Waals surface area contributed by atoms with Crippen LogP contribution in [-0.4, -0.2) is 19.7 Å². The molecule has 7 heteroatoms. The fourth-order valence-electron chi connectivity index (χ4n) is 1.94. The zero-order valence-corrected chi connectivity index (χ0v) is 12.2. The molecule has 0 saturated heterocycles. The fraction of sp³-hybridized carbons (Fsp3) is 0.333. The summed E-state index contributed by atoms with van der Waals surface area (Å²) in [5, 5.41) is 15.5. The second kappa shape index (κ2) is 5.48. The lowest BCUT2D eigenvalue weighted by Gasteiger charge is -2.03. The van der Waals surface area contributed by atoms with E-state index in [4.69, 9.17) is 0 Å². The molecular formula is C12H13BrN4O2. The van der Waals surface area contributed by atoms with Crippen LogP contribution in [0, 0.1) is 10.1 Å². The highest BCUT2D eigenvalue weighted by Crippen LogP contribution is 2.26. The second-order valence-electron chi connectivity index (χ2n) is 3.95. The normalized spacial score (nSPS) is 10.7. The molecule has 2 aromatic heterocycles. The van der Waals surface area contributed by atoms with Gasteiger partial charge in [0.05, 0.1) is 4.92 Å². The van der Waals surface area contributed by atoms with Crippen molar-refractivity contribution in [2.75, 3.05) is 0 Å². The molecule has 6 nitrogen and oxygen atoms in total. The number of pyridine rings is 1. The first-order valence-electron chi connectivity index (χ1n) is 5.95. The van der Waals surface area contributed by atoms with Crippen molar-refractivity contribution < 1.29 is 4.92 Å². The van der Waals surface area contributed by atoms with E-state index in [1.54, 1.807) is 16.9 Å². The van der Waals surface area contributed by atoms with Gasteiger partial charge in [-0.2, -0.15) is 5.10 Å². The standard InChI is InChI=1S/C12H13BrN4O2/c1-3-9-12(17(18)19)10(4-2)16(15-9)11-6-5-8(13)7-14-11/h5-7H,3-4H2,1-2H3. The highest BCUT2D eigenvalue weighted by molar-refractivity contribution is 9.10. The molecule has 100 valence electrons. The summed E-state index contributed by atoms with van der Waals surface area (Å²) in [4.78, 5) is 15.1. The third-order valence-corrected chi connectivity index (χ3v) is 3.27. The smallest absolute Gasteiger partial charge is 0.258 e. The van der Waals surface area contributed by atoms with E-state index in [0.717, 1.165) is 4.47 Å². The van der Waals surface area contributed by atoms with E-state index in [1.165, 1.54) is 0 Å². The van der Waals surface area contributed by atoms with E-state index in [2.05, 4.69) is 26.0 Å². The summed E-state index contributed by atoms with van der Waals surface area (Å²) in [7, 11) is 0. The Morgan fingerprint density at radius 3 is 2.58 bits per heavy atom. The molecule has 2 rings (SSSR count). The summed E-state index contributed by atoms with van der Waals surface area (Å²) in [5.74, 6) is 0.586. The van der Waals surface area contributed by atoms with Gasteiger partial charge in [-0.1, -0.05) is 13.8 Å². The Hall–Kier alpha value is -1.76.